The number of nitrogens with zero attached hydrogens (tertiary/aromatic N) is 1. The van der Waals surface area contributed by atoms with Gasteiger partial charge in [-0.05, 0) is 41.7 Å². The van der Waals surface area contributed by atoms with Gasteiger partial charge < -0.3 is 9.52 Å². The van der Waals surface area contributed by atoms with Crippen molar-refractivity contribution in [2.45, 2.75) is 26.2 Å². The van der Waals surface area contributed by atoms with Gasteiger partial charge in [0, 0.05) is 17.5 Å². The maximum atomic E-state index is 13.0. The molecule has 172 valence electrons. The van der Waals surface area contributed by atoms with Gasteiger partial charge in [0.25, 0.3) is 5.91 Å². The van der Waals surface area contributed by atoms with Crippen molar-refractivity contribution in [1.29, 1.82) is 5.26 Å². The number of phenols is 1. The van der Waals surface area contributed by atoms with E-state index in [4.69, 9.17) is 4.42 Å². The first-order valence-corrected chi connectivity index (χ1v) is 11.3. The Morgan fingerprint density at radius 3 is 2.41 bits per heavy atom. The summed E-state index contributed by atoms with van der Waals surface area (Å²) in [7, 11) is 0. The quantitative estimate of drug-likeness (QED) is 0.304. The van der Waals surface area contributed by atoms with Crippen LogP contribution >= 0.6 is 0 Å². The topological polar surface area (TPSA) is 98.3 Å². The summed E-state index contributed by atoms with van der Waals surface area (Å²) in [6.45, 7) is 4.78. The third-order valence-corrected chi connectivity index (χ3v) is 5.64. The summed E-state index contributed by atoms with van der Waals surface area (Å²) in [5.41, 5.74) is 9.48. The number of hydrazine groups is 1. The highest BCUT2D eigenvalue weighted by atomic mass is 16.3. The number of carbonyl (C=O) groups is 1. The maximum Gasteiger partial charge on any atom is 0.269 e. The van der Waals surface area contributed by atoms with E-state index >= 15 is 0 Å². The zero-order valence-electron chi connectivity index (χ0n) is 19.2. The molecular formula is C28H27N3O3. The average Bonchev–Trinajstić information content (AvgIpc) is 3.23. The van der Waals surface area contributed by atoms with Gasteiger partial charge >= 0.3 is 0 Å². The largest absolute Gasteiger partial charge is 0.508 e. The third kappa shape index (κ3) is 5.11. The van der Waals surface area contributed by atoms with E-state index in [2.05, 4.69) is 30.8 Å². The number of phenolic OH excluding ortho intramolecular Hbond substituents is 1. The summed E-state index contributed by atoms with van der Waals surface area (Å²) in [6.07, 6.45) is 0.538. The van der Waals surface area contributed by atoms with Crippen molar-refractivity contribution in [3.05, 3.63) is 89.5 Å². The Kier molecular flexibility index (Phi) is 6.95. The molecule has 0 fully saturated rings. The van der Waals surface area contributed by atoms with Gasteiger partial charge in [0.1, 0.15) is 17.1 Å². The highest BCUT2D eigenvalue weighted by Crippen LogP contribution is 2.34. The summed E-state index contributed by atoms with van der Waals surface area (Å²) < 4.78 is 6.09. The molecule has 34 heavy (non-hydrogen) atoms. The van der Waals surface area contributed by atoms with Crippen molar-refractivity contribution in [3.63, 3.8) is 0 Å². The average molecular weight is 454 g/mol. The first-order chi connectivity index (χ1) is 16.5. The SMILES string of the molecule is CC(C)CNNC(=O)c1c(-c2ccc(C(C#N)Cc3ccc(O)cc3)cc2)oc2ccccc12. The van der Waals surface area contributed by atoms with E-state index in [1.54, 1.807) is 12.1 Å². The number of carbonyl (C=O) groups excluding carboxylic acids is 1. The minimum absolute atomic E-state index is 0.201. The fourth-order valence-corrected chi connectivity index (χ4v) is 3.84. The number of rotatable bonds is 8. The Morgan fingerprint density at radius 2 is 1.74 bits per heavy atom. The number of aromatic hydroxyl groups is 1. The molecule has 4 aromatic rings. The molecule has 0 spiro atoms. The molecule has 0 aliphatic carbocycles. The first-order valence-electron chi connectivity index (χ1n) is 11.3. The molecule has 1 amide bonds. The Morgan fingerprint density at radius 1 is 1.03 bits per heavy atom. The van der Waals surface area contributed by atoms with Crippen LogP contribution in [0.5, 0.6) is 5.75 Å². The Bertz CT molecular complexity index is 1320. The highest BCUT2D eigenvalue weighted by molar-refractivity contribution is 6.11. The number of hydrogen-bond acceptors (Lipinski definition) is 5. The lowest BCUT2D eigenvalue weighted by Crippen LogP contribution is -2.39. The molecule has 0 aliphatic heterocycles. The normalized spacial score (nSPS) is 11.9. The number of fused-ring (bicyclic) bond motifs is 1. The predicted octanol–water partition coefficient (Wildman–Crippen LogP) is 5.55. The summed E-state index contributed by atoms with van der Waals surface area (Å²) in [5, 5.41) is 20.0. The molecule has 1 unspecified atom stereocenters. The van der Waals surface area contributed by atoms with Gasteiger partial charge in [-0.25, -0.2) is 5.43 Å². The zero-order chi connectivity index (χ0) is 24.1. The van der Waals surface area contributed by atoms with Crippen LogP contribution in [0.3, 0.4) is 0 Å². The number of para-hydroxylation sites is 1. The van der Waals surface area contributed by atoms with E-state index in [1.165, 1.54) is 0 Å². The summed E-state index contributed by atoms with van der Waals surface area (Å²) in [5.74, 6) is 0.488. The molecule has 1 heterocycles. The number of nitrogens with one attached hydrogen (secondary N) is 2. The van der Waals surface area contributed by atoms with Gasteiger partial charge in [0.2, 0.25) is 0 Å². The van der Waals surface area contributed by atoms with E-state index < -0.39 is 0 Å². The van der Waals surface area contributed by atoms with E-state index in [0.29, 0.717) is 35.8 Å². The molecule has 6 heteroatoms. The number of nitriles is 1. The van der Waals surface area contributed by atoms with Crippen LogP contribution in [0.25, 0.3) is 22.3 Å². The monoisotopic (exact) mass is 453 g/mol. The van der Waals surface area contributed by atoms with E-state index in [0.717, 1.165) is 22.1 Å². The van der Waals surface area contributed by atoms with Crippen molar-refractivity contribution in [2.75, 3.05) is 6.54 Å². The molecule has 0 saturated carbocycles. The van der Waals surface area contributed by atoms with Gasteiger partial charge in [-0.3, -0.25) is 10.2 Å². The molecule has 4 rings (SSSR count). The fraction of sp³-hybridized carbons (Fsp3) is 0.214. The second kappa shape index (κ2) is 10.2. The highest BCUT2D eigenvalue weighted by Gasteiger charge is 2.22. The van der Waals surface area contributed by atoms with Crippen LogP contribution in [-0.4, -0.2) is 17.6 Å². The summed E-state index contributed by atoms with van der Waals surface area (Å²) in [6, 6.07) is 24.3. The van der Waals surface area contributed by atoms with Crippen molar-refractivity contribution < 1.29 is 14.3 Å². The number of amides is 1. The van der Waals surface area contributed by atoms with Crippen LogP contribution in [0.4, 0.5) is 0 Å². The van der Waals surface area contributed by atoms with Gasteiger partial charge in [-0.1, -0.05) is 68.4 Å². The van der Waals surface area contributed by atoms with Gasteiger partial charge in [-0.15, -0.1) is 0 Å². The van der Waals surface area contributed by atoms with Gasteiger partial charge in [0.05, 0.1) is 17.6 Å². The lowest BCUT2D eigenvalue weighted by atomic mass is 9.92. The van der Waals surface area contributed by atoms with E-state index in [9.17, 15) is 15.2 Å². The lowest BCUT2D eigenvalue weighted by molar-refractivity contribution is 0.0933. The maximum absolute atomic E-state index is 13.0. The molecule has 0 bridgehead atoms. The molecule has 3 N–H and O–H groups in total. The molecule has 0 saturated heterocycles. The van der Waals surface area contributed by atoms with Crippen molar-refractivity contribution in [3.8, 4) is 23.1 Å². The molecular weight excluding hydrogens is 426 g/mol. The summed E-state index contributed by atoms with van der Waals surface area (Å²) in [4.78, 5) is 13.0. The third-order valence-electron chi connectivity index (χ3n) is 5.64. The van der Waals surface area contributed by atoms with Crippen LogP contribution in [0.2, 0.25) is 0 Å². The van der Waals surface area contributed by atoms with Crippen molar-refractivity contribution >= 4 is 16.9 Å². The smallest absolute Gasteiger partial charge is 0.269 e. The lowest BCUT2D eigenvalue weighted by Gasteiger charge is -2.11. The minimum Gasteiger partial charge on any atom is -0.508 e. The fourth-order valence-electron chi connectivity index (χ4n) is 3.84. The molecule has 0 radical (unpaired) electrons. The van der Waals surface area contributed by atoms with Gasteiger partial charge in [-0.2, -0.15) is 5.26 Å². The van der Waals surface area contributed by atoms with E-state index in [1.807, 2.05) is 60.7 Å². The van der Waals surface area contributed by atoms with Crippen LogP contribution in [0, 0.1) is 17.2 Å². The Labute approximate surface area is 198 Å². The zero-order valence-corrected chi connectivity index (χ0v) is 19.2. The van der Waals surface area contributed by atoms with Crippen LogP contribution in [-0.2, 0) is 6.42 Å². The standard InChI is InChI=1S/C28H27N3O3/c1-18(2)17-30-31-28(33)26-24-5-3-4-6-25(24)34-27(26)21-11-9-20(10-12-21)22(16-29)15-19-7-13-23(32)14-8-19/h3-14,18,22,30,32H,15,17H2,1-2H3,(H,31,33). The van der Waals surface area contributed by atoms with Crippen molar-refractivity contribution in [1.82, 2.24) is 10.9 Å². The predicted molar refractivity (Wildman–Crippen MR) is 132 cm³/mol. The molecule has 1 atom stereocenters. The molecule has 6 nitrogen and oxygen atoms in total. The van der Waals surface area contributed by atoms with E-state index in [-0.39, 0.29) is 17.6 Å². The number of benzene rings is 3. The summed E-state index contributed by atoms with van der Waals surface area (Å²) >= 11 is 0. The number of furan rings is 1. The van der Waals surface area contributed by atoms with Crippen LogP contribution in [0.1, 0.15) is 41.3 Å². The molecule has 3 aromatic carbocycles. The Hall–Kier alpha value is -4.08. The molecule has 1 aromatic heterocycles. The second-order valence-electron chi connectivity index (χ2n) is 8.71. The Balaban J connectivity index is 1.62. The van der Waals surface area contributed by atoms with Gasteiger partial charge in [0.15, 0.2) is 0 Å². The molecule has 0 aliphatic rings. The van der Waals surface area contributed by atoms with Crippen LogP contribution in [0.15, 0.2) is 77.2 Å². The second-order valence-corrected chi connectivity index (χ2v) is 8.71. The first kappa shape index (κ1) is 23.1. The minimum atomic E-state index is -0.336. The van der Waals surface area contributed by atoms with Crippen LogP contribution < -0.4 is 10.9 Å². The van der Waals surface area contributed by atoms with Crippen molar-refractivity contribution in [2.24, 2.45) is 5.92 Å². The number of hydrogen-bond donors (Lipinski definition) is 3.